The van der Waals surface area contributed by atoms with Crippen molar-refractivity contribution in [1.29, 1.82) is 0 Å². The number of hydrogen-bond donors (Lipinski definition) is 1. The van der Waals surface area contributed by atoms with E-state index in [9.17, 15) is 4.39 Å². The van der Waals surface area contributed by atoms with Crippen molar-refractivity contribution in [2.24, 2.45) is 5.73 Å². The Morgan fingerprint density at radius 2 is 2.30 bits per heavy atom. The highest BCUT2D eigenvalue weighted by atomic mass is 35.5. The van der Waals surface area contributed by atoms with Gasteiger partial charge in [0, 0.05) is 6.54 Å². The lowest BCUT2D eigenvalue weighted by Crippen LogP contribution is -2.01. The molecule has 54 valence electrons. The predicted octanol–water partition coefficient (Wildman–Crippen LogP) is 1.33. The van der Waals surface area contributed by atoms with Gasteiger partial charge in [0.25, 0.3) is 0 Å². The van der Waals surface area contributed by atoms with Gasteiger partial charge in [-0.15, -0.1) is 0 Å². The van der Waals surface area contributed by atoms with E-state index in [0.717, 1.165) is 0 Å². The zero-order valence-electron chi connectivity index (χ0n) is 5.14. The first-order valence-corrected chi connectivity index (χ1v) is 3.13. The van der Waals surface area contributed by atoms with Gasteiger partial charge >= 0.3 is 0 Å². The highest BCUT2D eigenvalue weighted by Gasteiger charge is 1.99. The monoisotopic (exact) mass is 160 g/mol. The molecule has 0 spiro atoms. The van der Waals surface area contributed by atoms with Crippen LogP contribution < -0.4 is 5.73 Å². The summed E-state index contributed by atoms with van der Waals surface area (Å²) in [5.74, 6) is -0.551. The Morgan fingerprint density at radius 1 is 1.60 bits per heavy atom. The third-order valence-electron chi connectivity index (χ3n) is 1.08. The number of nitrogens with zero attached hydrogens (tertiary/aromatic N) is 1. The minimum Gasteiger partial charge on any atom is -0.325 e. The number of aromatic nitrogens is 1. The summed E-state index contributed by atoms with van der Waals surface area (Å²) in [6.45, 7) is 0.163. The Balaban J connectivity index is 3.09. The fourth-order valence-corrected chi connectivity index (χ4v) is 0.783. The molecule has 4 heteroatoms. The molecule has 0 unspecified atom stereocenters. The van der Waals surface area contributed by atoms with Gasteiger partial charge in [0.05, 0.1) is 10.7 Å². The van der Waals surface area contributed by atoms with Crippen molar-refractivity contribution in [3.05, 3.63) is 28.8 Å². The minimum absolute atomic E-state index is 0.163. The molecule has 2 nitrogen and oxygen atoms in total. The molecule has 0 atom stereocenters. The van der Waals surface area contributed by atoms with Crippen molar-refractivity contribution in [1.82, 2.24) is 4.98 Å². The Morgan fingerprint density at radius 3 is 2.80 bits per heavy atom. The van der Waals surface area contributed by atoms with Crippen LogP contribution in [0.4, 0.5) is 4.39 Å². The molecule has 1 rings (SSSR count). The van der Waals surface area contributed by atoms with Crippen molar-refractivity contribution in [3.63, 3.8) is 0 Å². The second kappa shape index (κ2) is 2.94. The molecule has 10 heavy (non-hydrogen) atoms. The first kappa shape index (κ1) is 7.44. The molecule has 0 fully saturated rings. The Kier molecular flexibility index (Phi) is 2.19. The first-order chi connectivity index (χ1) is 4.74. The highest BCUT2D eigenvalue weighted by Crippen LogP contribution is 2.12. The molecule has 0 saturated heterocycles. The van der Waals surface area contributed by atoms with E-state index in [1.54, 1.807) is 0 Å². The molecule has 2 N–H and O–H groups in total. The molecule has 0 radical (unpaired) electrons. The lowest BCUT2D eigenvalue weighted by molar-refractivity contribution is 0.577. The van der Waals surface area contributed by atoms with E-state index < -0.39 is 5.95 Å². The third kappa shape index (κ3) is 1.43. The van der Waals surface area contributed by atoms with Gasteiger partial charge in [0.2, 0.25) is 5.95 Å². The Hall–Kier alpha value is -0.670. The SMILES string of the molecule is NCc1nc(F)ccc1Cl. The summed E-state index contributed by atoms with van der Waals surface area (Å²) < 4.78 is 12.3. The van der Waals surface area contributed by atoms with Crippen LogP contribution in [-0.2, 0) is 6.54 Å². The van der Waals surface area contributed by atoms with Gasteiger partial charge in [-0.3, -0.25) is 0 Å². The fourth-order valence-electron chi connectivity index (χ4n) is 0.601. The first-order valence-electron chi connectivity index (χ1n) is 2.75. The van der Waals surface area contributed by atoms with Crippen LogP contribution in [0.1, 0.15) is 5.69 Å². The maximum atomic E-state index is 12.3. The summed E-state index contributed by atoms with van der Waals surface area (Å²) in [7, 11) is 0. The Bertz CT molecular complexity index is 239. The van der Waals surface area contributed by atoms with E-state index in [0.29, 0.717) is 10.7 Å². The smallest absolute Gasteiger partial charge is 0.213 e. The van der Waals surface area contributed by atoms with Gasteiger partial charge in [-0.05, 0) is 12.1 Å². The maximum absolute atomic E-state index is 12.3. The minimum atomic E-state index is -0.551. The molecule has 0 saturated carbocycles. The summed E-state index contributed by atoms with van der Waals surface area (Å²) in [5.41, 5.74) is 5.60. The lowest BCUT2D eigenvalue weighted by atomic mass is 10.3. The third-order valence-corrected chi connectivity index (χ3v) is 1.42. The lowest BCUT2D eigenvalue weighted by Gasteiger charge is -1.97. The topological polar surface area (TPSA) is 38.9 Å². The number of rotatable bonds is 1. The van der Waals surface area contributed by atoms with Gasteiger partial charge in [-0.25, -0.2) is 4.98 Å². The predicted molar refractivity (Wildman–Crippen MR) is 37.1 cm³/mol. The van der Waals surface area contributed by atoms with Crippen LogP contribution in [0.15, 0.2) is 12.1 Å². The van der Waals surface area contributed by atoms with Crippen LogP contribution in [0.2, 0.25) is 5.02 Å². The molecule has 0 aliphatic rings. The molecule has 0 amide bonds. The zero-order chi connectivity index (χ0) is 7.56. The summed E-state index contributed by atoms with van der Waals surface area (Å²) in [5, 5.41) is 0.406. The Labute approximate surface area is 62.8 Å². The molecule has 0 aliphatic heterocycles. The quantitative estimate of drug-likeness (QED) is 0.630. The van der Waals surface area contributed by atoms with Crippen LogP contribution in [-0.4, -0.2) is 4.98 Å². The molecule has 1 aromatic rings. The summed E-state index contributed by atoms with van der Waals surface area (Å²) >= 11 is 5.59. The van der Waals surface area contributed by atoms with Gasteiger partial charge in [-0.1, -0.05) is 11.6 Å². The zero-order valence-corrected chi connectivity index (χ0v) is 5.90. The van der Waals surface area contributed by atoms with Crippen LogP contribution in [0.5, 0.6) is 0 Å². The number of nitrogens with two attached hydrogens (primary N) is 1. The van der Waals surface area contributed by atoms with E-state index in [2.05, 4.69) is 4.98 Å². The number of hydrogen-bond acceptors (Lipinski definition) is 2. The maximum Gasteiger partial charge on any atom is 0.213 e. The molecular weight excluding hydrogens is 155 g/mol. The van der Waals surface area contributed by atoms with E-state index in [-0.39, 0.29) is 6.54 Å². The fraction of sp³-hybridized carbons (Fsp3) is 0.167. The van der Waals surface area contributed by atoms with Crippen molar-refractivity contribution in [3.8, 4) is 0 Å². The molecule has 0 aliphatic carbocycles. The van der Waals surface area contributed by atoms with Crippen molar-refractivity contribution in [2.75, 3.05) is 0 Å². The van der Waals surface area contributed by atoms with Gasteiger partial charge in [0.1, 0.15) is 0 Å². The van der Waals surface area contributed by atoms with Gasteiger partial charge in [-0.2, -0.15) is 4.39 Å². The molecule has 0 aromatic carbocycles. The van der Waals surface area contributed by atoms with Crippen LogP contribution in [0.3, 0.4) is 0 Å². The van der Waals surface area contributed by atoms with Gasteiger partial charge in [0.15, 0.2) is 0 Å². The van der Waals surface area contributed by atoms with Crippen LogP contribution in [0, 0.1) is 5.95 Å². The van der Waals surface area contributed by atoms with Gasteiger partial charge < -0.3 is 5.73 Å². The summed E-state index contributed by atoms with van der Waals surface area (Å²) in [6, 6.07) is 2.63. The molecule has 1 heterocycles. The van der Waals surface area contributed by atoms with Crippen molar-refractivity contribution < 1.29 is 4.39 Å². The van der Waals surface area contributed by atoms with E-state index in [1.807, 2.05) is 0 Å². The average molecular weight is 161 g/mol. The number of halogens is 2. The largest absolute Gasteiger partial charge is 0.325 e. The standard InChI is InChI=1S/C6H6ClFN2/c7-4-1-2-6(8)10-5(4)3-9/h1-2H,3,9H2. The number of pyridine rings is 1. The van der Waals surface area contributed by atoms with Crippen LogP contribution >= 0.6 is 11.6 Å². The second-order valence-electron chi connectivity index (χ2n) is 1.77. The average Bonchev–Trinajstić information content (AvgIpc) is 1.94. The molecule has 0 bridgehead atoms. The summed E-state index contributed by atoms with van der Waals surface area (Å²) in [4.78, 5) is 3.47. The summed E-state index contributed by atoms with van der Waals surface area (Å²) in [6.07, 6.45) is 0. The second-order valence-corrected chi connectivity index (χ2v) is 2.17. The van der Waals surface area contributed by atoms with E-state index in [4.69, 9.17) is 17.3 Å². The molecule has 1 aromatic heterocycles. The van der Waals surface area contributed by atoms with Crippen LogP contribution in [0.25, 0.3) is 0 Å². The van der Waals surface area contributed by atoms with E-state index in [1.165, 1.54) is 12.1 Å². The van der Waals surface area contributed by atoms with Crippen molar-refractivity contribution >= 4 is 11.6 Å². The molecular formula is C6H6ClFN2. The van der Waals surface area contributed by atoms with Crippen molar-refractivity contribution in [2.45, 2.75) is 6.54 Å². The normalized spacial score (nSPS) is 9.90. The van der Waals surface area contributed by atoms with E-state index >= 15 is 0 Å². The highest BCUT2D eigenvalue weighted by molar-refractivity contribution is 6.31.